The number of isocyanates is 1. The summed E-state index contributed by atoms with van der Waals surface area (Å²) in [6, 6.07) is 12.0. The van der Waals surface area contributed by atoms with Crippen LogP contribution >= 0.6 is 0 Å². The van der Waals surface area contributed by atoms with Crippen molar-refractivity contribution in [2.75, 3.05) is 21.2 Å². The predicted octanol–water partition coefficient (Wildman–Crippen LogP) is 1.61. The van der Waals surface area contributed by atoms with Gasteiger partial charge >= 0.3 is 6.09 Å². The van der Waals surface area contributed by atoms with Gasteiger partial charge in [0.05, 0.1) is 7.11 Å². The molecule has 0 bridgehead atoms. The van der Waals surface area contributed by atoms with Crippen LogP contribution in [-0.4, -0.2) is 33.4 Å². The molecule has 0 aromatic heterocycles. The molecule has 0 aliphatic carbocycles. The van der Waals surface area contributed by atoms with Gasteiger partial charge in [-0.05, 0) is 0 Å². The van der Waals surface area contributed by atoms with Crippen LogP contribution in [0.3, 0.4) is 0 Å². The van der Waals surface area contributed by atoms with Crippen LogP contribution in [0.25, 0.3) is 0 Å². The van der Waals surface area contributed by atoms with Gasteiger partial charge in [0.1, 0.15) is 0 Å². The van der Waals surface area contributed by atoms with Crippen molar-refractivity contribution in [1.82, 2.24) is 5.32 Å². The van der Waals surface area contributed by atoms with E-state index in [0.29, 0.717) is 0 Å². The van der Waals surface area contributed by atoms with E-state index in [1.165, 1.54) is 27.3 Å². The van der Waals surface area contributed by atoms with Crippen molar-refractivity contribution in [2.24, 2.45) is 4.99 Å². The summed E-state index contributed by atoms with van der Waals surface area (Å²) in [7, 11) is 4.21. The van der Waals surface area contributed by atoms with Gasteiger partial charge in [-0.1, -0.05) is 36.4 Å². The summed E-state index contributed by atoms with van der Waals surface area (Å²) in [5, 5.41) is 2.25. The van der Waals surface area contributed by atoms with Gasteiger partial charge < -0.3 is 10.1 Å². The molecule has 1 amide bonds. The van der Waals surface area contributed by atoms with E-state index in [0.717, 1.165) is 0 Å². The lowest BCUT2D eigenvalue weighted by Crippen LogP contribution is -2.16. The lowest BCUT2D eigenvalue weighted by atomic mass is 10.4. The molecule has 0 radical (unpaired) electrons. The maximum absolute atomic E-state index is 9.85. The number of methoxy groups -OCH3 is 1. The van der Waals surface area contributed by atoms with Crippen molar-refractivity contribution in [3.63, 3.8) is 0 Å². The number of aliphatic imine (C=N–C) groups is 1. The minimum absolute atomic E-state index is 0.407. The normalized spacial score (nSPS) is 6.69. The molecule has 0 atom stereocenters. The third-order valence-electron chi connectivity index (χ3n) is 1.15. The summed E-state index contributed by atoms with van der Waals surface area (Å²) >= 11 is 0. The van der Waals surface area contributed by atoms with Crippen LogP contribution in [0.2, 0.25) is 0 Å². The topological polar surface area (TPSA) is 67.8 Å². The molecule has 0 unspecified atom stereocenters. The predicted molar refractivity (Wildman–Crippen MR) is 62.0 cm³/mol. The first-order chi connectivity index (χ1) is 7.72. The summed E-state index contributed by atoms with van der Waals surface area (Å²) < 4.78 is 4.15. The average Bonchev–Trinajstić information content (AvgIpc) is 2.40. The summed E-state index contributed by atoms with van der Waals surface area (Å²) in [6.07, 6.45) is 0.898. The number of alkyl carbamates (subject to hydrolysis) is 1. The van der Waals surface area contributed by atoms with Crippen LogP contribution in [0.5, 0.6) is 0 Å². The van der Waals surface area contributed by atoms with E-state index in [1.54, 1.807) is 0 Å². The Morgan fingerprint density at radius 1 is 1.19 bits per heavy atom. The second kappa shape index (κ2) is 15.3. The molecule has 1 rings (SSSR count). The van der Waals surface area contributed by atoms with Gasteiger partial charge in [-0.25, -0.2) is 14.6 Å². The molecule has 5 nitrogen and oxygen atoms in total. The second-order valence-corrected chi connectivity index (χ2v) is 2.21. The first-order valence-electron chi connectivity index (χ1n) is 4.44. The van der Waals surface area contributed by atoms with Crippen molar-refractivity contribution < 1.29 is 14.3 Å². The number of hydrogen-bond donors (Lipinski definition) is 1. The molecule has 0 aliphatic heterocycles. The van der Waals surface area contributed by atoms with Crippen molar-refractivity contribution in [2.45, 2.75) is 0 Å². The van der Waals surface area contributed by atoms with Crippen LogP contribution in [0.15, 0.2) is 41.4 Å². The molecule has 0 spiro atoms. The van der Waals surface area contributed by atoms with E-state index in [4.69, 9.17) is 4.79 Å². The number of rotatable bonds is 0. The van der Waals surface area contributed by atoms with Crippen LogP contribution in [0.4, 0.5) is 4.79 Å². The van der Waals surface area contributed by atoms with Gasteiger partial charge in [0.15, 0.2) is 0 Å². The number of ether oxygens (including phenoxy) is 1. The lowest BCUT2D eigenvalue weighted by molar-refractivity contribution is 0.173. The monoisotopic (exact) mass is 224 g/mol. The van der Waals surface area contributed by atoms with Crippen LogP contribution < -0.4 is 5.32 Å². The third-order valence-corrected chi connectivity index (χ3v) is 1.15. The molecule has 0 heterocycles. The van der Waals surface area contributed by atoms with Gasteiger partial charge in [0.2, 0.25) is 6.08 Å². The molecular formula is C11H16N2O3. The zero-order valence-corrected chi connectivity index (χ0v) is 9.64. The van der Waals surface area contributed by atoms with E-state index in [1.807, 2.05) is 36.4 Å². The van der Waals surface area contributed by atoms with E-state index in [2.05, 4.69) is 15.0 Å². The summed E-state index contributed by atoms with van der Waals surface area (Å²) in [6.45, 7) is 0. The highest BCUT2D eigenvalue weighted by Gasteiger charge is 1.85. The Hall–Kier alpha value is -2.13. The molecule has 0 fully saturated rings. The lowest BCUT2D eigenvalue weighted by Gasteiger charge is -1.90. The van der Waals surface area contributed by atoms with Gasteiger partial charge in [-0.3, -0.25) is 0 Å². The van der Waals surface area contributed by atoms with Gasteiger partial charge in [0.25, 0.3) is 0 Å². The highest BCUT2D eigenvalue weighted by Crippen LogP contribution is 1.79. The van der Waals surface area contributed by atoms with E-state index in [-0.39, 0.29) is 0 Å². The number of nitrogens with one attached hydrogen (secondary N) is 1. The number of hydrogen-bond acceptors (Lipinski definition) is 4. The Bertz CT molecular complexity index is 263. The number of carbonyl (C=O) groups is 1. The Morgan fingerprint density at radius 2 is 1.50 bits per heavy atom. The molecular weight excluding hydrogens is 208 g/mol. The fourth-order valence-corrected chi connectivity index (χ4v) is 0.487. The largest absolute Gasteiger partial charge is 0.453 e. The number of amides is 1. The second-order valence-electron chi connectivity index (χ2n) is 2.21. The Morgan fingerprint density at radius 3 is 1.56 bits per heavy atom. The zero-order valence-electron chi connectivity index (χ0n) is 9.64. The summed E-state index contributed by atoms with van der Waals surface area (Å²) in [5.74, 6) is 0. The Balaban J connectivity index is 0. The van der Waals surface area contributed by atoms with Crippen molar-refractivity contribution >= 4 is 12.2 Å². The van der Waals surface area contributed by atoms with Crippen molar-refractivity contribution in [3.8, 4) is 0 Å². The number of nitrogens with zero attached hydrogens (tertiary/aromatic N) is 1. The quantitative estimate of drug-likeness (QED) is 0.537. The van der Waals surface area contributed by atoms with E-state index in [9.17, 15) is 4.79 Å². The van der Waals surface area contributed by atoms with Crippen LogP contribution in [-0.2, 0) is 9.53 Å². The highest BCUT2D eigenvalue weighted by molar-refractivity contribution is 5.66. The molecule has 1 N–H and O–H groups in total. The fraction of sp³-hybridized carbons (Fsp3) is 0.273. The van der Waals surface area contributed by atoms with Crippen LogP contribution in [0, 0.1) is 0 Å². The minimum atomic E-state index is -0.407. The maximum atomic E-state index is 9.85. The van der Waals surface area contributed by atoms with E-state index >= 15 is 0 Å². The molecule has 16 heavy (non-hydrogen) atoms. The highest BCUT2D eigenvalue weighted by atomic mass is 16.5. The number of carbonyl (C=O) groups excluding carboxylic acids is 2. The maximum Gasteiger partial charge on any atom is 0.406 e. The molecule has 0 aliphatic rings. The van der Waals surface area contributed by atoms with Crippen molar-refractivity contribution in [3.05, 3.63) is 36.4 Å². The Kier molecular flexibility index (Phi) is 15.6. The Labute approximate surface area is 95.1 Å². The number of benzene rings is 1. The standard InChI is InChI=1S/C6H6.C3H7NO2.C2H3NO/c1-2-4-6-5-3-1;1-4-3(5)6-2;1-3-2-4/h1-6H;1-2H3,(H,4,5);1H3. The van der Waals surface area contributed by atoms with Gasteiger partial charge in [0, 0.05) is 14.1 Å². The third kappa shape index (κ3) is 17.8. The van der Waals surface area contributed by atoms with E-state index < -0.39 is 6.09 Å². The molecule has 1 aromatic rings. The SMILES string of the molecule is CN=C=O.CNC(=O)OC.c1ccccc1. The zero-order chi connectivity index (χ0) is 12.6. The molecule has 5 heteroatoms. The summed E-state index contributed by atoms with van der Waals surface area (Å²) in [4.78, 5) is 21.7. The van der Waals surface area contributed by atoms with Gasteiger partial charge in [-0.2, -0.15) is 0 Å². The summed E-state index contributed by atoms with van der Waals surface area (Å²) in [5.41, 5.74) is 0. The minimum Gasteiger partial charge on any atom is -0.453 e. The average molecular weight is 224 g/mol. The molecule has 0 saturated heterocycles. The molecule has 1 aromatic carbocycles. The smallest absolute Gasteiger partial charge is 0.406 e. The first-order valence-corrected chi connectivity index (χ1v) is 4.44. The molecule has 0 saturated carbocycles. The fourth-order valence-electron chi connectivity index (χ4n) is 0.487. The van der Waals surface area contributed by atoms with Gasteiger partial charge in [-0.15, -0.1) is 0 Å². The first kappa shape index (κ1) is 16.3. The van der Waals surface area contributed by atoms with Crippen LogP contribution in [0.1, 0.15) is 0 Å². The molecule has 88 valence electrons. The van der Waals surface area contributed by atoms with Crippen molar-refractivity contribution in [1.29, 1.82) is 0 Å².